The molecule has 0 aliphatic rings. The van der Waals surface area contributed by atoms with E-state index in [1.54, 1.807) is 55.6 Å². The Morgan fingerprint density at radius 3 is 2.06 bits per heavy atom. The van der Waals surface area contributed by atoms with Gasteiger partial charge in [-0.3, -0.25) is 28.8 Å². The summed E-state index contributed by atoms with van der Waals surface area (Å²) in [5.41, 5.74) is 7.05. The van der Waals surface area contributed by atoms with Gasteiger partial charge in [0.1, 0.15) is 37.1 Å². The van der Waals surface area contributed by atoms with Gasteiger partial charge in [-0.15, -0.1) is 0 Å². The predicted octanol–water partition coefficient (Wildman–Crippen LogP) is 1.30. The number of carboxylic acid groups (broad SMARTS) is 1. The Morgan fingerprint density at radius 2 is 1.47 bits per heavy atom. The molecule has 8 N–H and O–H groups in total. The first kappa shape index (κ1) is 43.2. The van der Waals surface area contributed by atoms with Gasteiger partial charge in [0.15, 0.2) is 0 Å². The molecule has 0 bridgehead atoms. The monoisotopic (exact) mass is 740 g/mol. The molecule has 0 radical (unpaired) electrons. The molecule has 0 aliphatic carbocycles. The smallest absolute Gasteiger partial charge is 0.312 e. The number of carbonyl (C=O) groups is 7. The normalized spacial score (nSPS) is 12.2. The standard InChI is InChI=1S/C36H48N6O11/c1-22(2)32(42-34(48)29(40-30(44)15-16-31(45)46)20-24-9-13-27(14-10-24)52-19-18-51-4)35(49)41-28(6-5-17-38-36(37)50)33(47)39-26-11-7-25(8-12-26)21-53-23(3)43/h7-14,28-29,32H,1,5-6,15-21H2,2-4H3,(H,39,47)(H,40,44)(H,41,49)(H,42,48)(H,45,46)(H3,37,38,50)/t28-,29-,32-/m0/s1. The van der Waals surface area contributed by atoms with Crippen LogP contribution in [0.5, 0.6) is 5.75 Å². The first-order chi connectivity index (χ1) is 25.2. The molecule has 6 amide bonds. The fourth-order valence-corrected chi connectivity index (χ4v) is 4.69. The van der Waals surface area contributed by atoms with Crippen LogP contribution in [0, 0.1) is 0 Å². The van der Waals surface area contributed by atoms with E-state index in [2.05, 4.69) is 33.2 Å². The highest BCUT2D eigenvalue weighted by Crippen LogP contribution is 2.15. The number of hydrogen-bond acceptors (Lipinski definition) is 10. The molecule has 3 atom stereocenters. The second-order valence-electron chi connectivity index (χ2n) is 12.0. The number of anilines is 1. The van der Waals surface area contributed by atoms with Crippen LogP contribution in [0.25, 0.3) is 0 Å². The number of carbonyl (C=O) groups excluding carboxylic acids is 6. The van der Waals surface area contributed by atoms with Gasteiger partial charge in [-0.2, -0.15) is 0 Å². The minimum Gasteiger partial charge on any atom is -0.491 e. The molecule has 53 heavy (non-hydrogen) atoms. The zero-order chi connectivity index (χ0) is 39.3. The number of rotatable bonds is 23. The van der Waals surface area contributed by atoms with Crippen LogP contribution in [-0.4, -0.2) is 91.7 Å². The highest BCUT2D eigenvalue weighted by atomic mass is 16.5. The molecular formula is C36H48N6O11. The number of aliphatic carboxylic acids is 1. The quantitative estimate of drug-likeness (QED) is 0.0486. The number of methoxy groups -OCH3 is 1. The lowest BCUT2D eigenvalue weighted by Gasteiger charge is -2.26. The number of ether oxygens (including phenoxy) is 3. The number of primary amides is 1. The summed E-state index contributed by atoms with van der Waals surface area (Å²) >= 11 is 0. The van der Waals surface area contributed by atoms with Crippen LogP contribution < -0.4 is 37.1 Å². The van der Waals surface area contributed by atoms with E-state index >= 15 is 0 Å². The molecule has 0 heterocycles. The Bertz CT molecular complexity index is 1580. The maximum atomic E-state index is 13.7. The largest absolute Gasteiger partial charge is 0.491 e. The Morgan fingerprint density at radius 1 is 0.811 bits per heavy atom. The van der Waals surface area contributed by atoms with E-state index in [9.17, 15) is 33.6 Å². The molecule has 2 aromatic rings. The van der Waals surface area contributed by atoms with Crippen molar-refractivity contribution in [3.05, 3.63) is 71.8 Å². The summed E-state index contributed by atoms with van der Waals surface area (Å²) in [5.74, 6) is -3.92. The van der Waals surface area contributed by atoms with Crippen molar-refractivity contribution in [2.24, 2.45) is 5.73 Å². The van der Waals surface area contributed by atoms with Crippen LogP contribution >= 0.6 is 0 Å². The third-order valence-electron chi connectivity index (χ3n) is 7.44. The van der Waals surface area contributed by atoms with Gasteiger partial charge in [0, 0.05) is 39.1 Å². The van der Waals surface area contributed by atoms with Crippen molar-refractivity contribution >= 4 is 47.3 Å². The lowest BCUT2D eigenvalue weighted by molar-refractivity contribution is -0.142. The van der Waals surface area contributed by atoms with Crippen LogP contribution in [-0.2, 0) is 51.3 Å². The number of esters is 1. The van der Waals surface area contributed by atoms with E-state index in [1.807, 2.05) is 0 Å². The van der Waals surface area contributed by atoms with Gasteiger partial charge < -0.3 is 51.6 Å². The van der Waals surface area contributed by atoms with E-state index in [4.69, 9.17) is 25.1 Å². The summed E-state index contributed by atoms with van der Waals surface area (Å²) in [4.78, 5) is 86.7. The molecule has 0 saturated carbocycles. The lowest BCUT2D eigenvalue weighted by atomic mass is 10.0. The molecular weight excluding hydrogens is 692 g/mol. The van der Waals surface area contributed by atoms with Crippen molar-refractivity contribution in [1.82, 2.24) is 21.3 Å². The van der Waals surface area contributed by atoms with Crippen LogP contribution in [0.2, 0.25) is 0 Å². The van der Waals surface area contributed by atoms with E-state index in [-0.39, 0.29) is 44.4 Å². The first-order valence-electron chi connectivity index (χ1n) is 16.7. The van der Waals surface area contributed by atoms with Crippen LogP contribution in [0.15, 0.2) is 60.7 Å². The number of urea groups is 1. The average Bonchev–Trinajstić information content (AvgIpc) is 3.10. The Labute approximate surface area is 307 Å². The Balaban J connectivity index is 2.24. The van der Waals surface area contributed by atoms with E-state index in [1.165, 1.54) is 13.8 Å². The number of benzene rings is 2. The molecule has 0 unspecified atom stereocenters. The van der Waals surface area contributed by atoms with Crippen molar-refractivity contribution in [2.75, 3.05) is 32.2 Å². The van der Waals surface area contributed by atoms with E-state index in [0.717, 1.165) is 0 Å². The molecule has 17 nitrogen and oxygen atoms in total. The minimum atomic E-state index is -1.35. The lowest BCUT2D eigenvalue weighted by Crippen LogP contribution is -2.57. The van der Waals surface area contributed by atoms with Gasteiger partial charge in [-0.25, -0.2) is 4.79 Å². The third kappa shape index (κ3) is 17.2. The fraction of sp³-hybridized carbons (Fsp3) is 0.417. The molecule has 0 spiro atoms. The summed E-state index contributed by atoms with van der Waals surface area (Å²) in [7, 11) is 1.55. The summed E-state index contributed by atoms with van der Waals surface area (Å²) in [5, 5.41) is 21.9. The zero-order valence-electron chi connectivity index (χ0n) is 30.0. The Kier molecular flexibility index (Phi) is 18.6. The summed E-state index contributed by atoms with van der Waals surface area (Å²) < 4.78 is 15.5. The van der Waals surface area contributed by atoms with Crippen molar-refractivity contribution in [3.8, 4) is 5.75 Å². The number of amides is 6. The van der Waals surface area contributed by atoms with E-state index in [0.29, 0.717) is 35.8 Å². The van der Waals surface area contributed by atoms with Gasteiger partial charge in [-0.05, 0) is 60.7 Å². The molecule has 0 fully saturated rings. The summed E-state index contributed by atoms with van der Waals surface area (Å²) in [6.07, 6.45) is -0.557. The van der Waals surface area contributed by atoms with Crippen LogP contribution in [0.1, 0.15) is 50.7 Å². The highest BCUT2D eigenvalue weighted by molar-refractivity contribution is 5.99. The SMILES string of the molecule is C=C(C)[C@H](NC(=O)[C@H](Cc1ccc(OCCOC)cc1)NC(=O)CCC(=O)O)C(=O)N[C@@H](CCCNC(N)=O)C(=O)Nc1ccc(COC(C)=O)cc1. The summed E-state index contributed by atoms with van der Waals surface area (Å²) in [6.45, 7) is 7.48. The number of nitrogens with two attached hydrogens (primary N) is 1. The molecule has 2 rings (SSSR count). The number of hydrogen-bond donors (Lipinski definition) is 7. The first-order valence-corrected chi connectivity index (χ1v) is 16.7. The third-order valence-corrected chi connectivity index (χ3v) is 7.44. The van der Waals surface area contributed by atoms with Crippen LogP contribution in [0.3, 0.4) is 0 Å². The number of nitrogens with one attached hydrogen (secondary N) is 5. The van der Waals surface area contributed by atoms with Crippen molar-refractivity contribution in [1.29, 1.82) is 0 Å². The molecule has 0 aromatic heterocycles. The van der Waals surface area contributed by atoms with E-state index < -0.39 is 66.1 Å². The Hall–Kier alpha value is -5.97. The van der Waals surface area contributed by atoms with Gasteiger partial charge in [-0.1, -0.05) is 30.8 Å². The fourth-order valence-electron chi connectivity index (χ4n) is 4.69. The molecule has 288 valence electrons. The van der Waals surface area contributed by atoms with Crippen molar-refractivity contribution < 1.29 is 52.9 Å². The maximum absolute atomic E-state index is 13.7. The second-order valence-corrected chi connectivity index (χ2v) is 12.0. The highest BCUT2D eigenvalue weighted by Gasteiger charge is 2.30. The zero-order valence-corrected chi connectivity index (χ0v) is 30.0. The molecule has 17 heteroatoms. The van der Waals surface area contributed by atoms with Gasteiger partial charge in [0.05, 0.1) is 13.0 Å². The molecule has 0 aliphatic heterocycles. The predicted molar refractivity (Wildman–Crippen MR) is 192 cm³/mol. The number of carboxylic acids is 1. The molecule has 2 aromatic carbocycles. The summed E-state index contributed by atoms with van der Waals surface area (Å²) in [6, 6.07) is 8.74. The average molecular weight is 741 g/mol. The minimum absolute atomic E-state index is 0.0227. The topological polar surface area (TPSA) is 254 Å². The molecule has 0 saturated heterocycles. The van der Waals surface area contributed by atoms with Gasteiger partial charge >= 0.3 is 18.0 Å². The second kappa shape index (κ2) is 22.8. The van der Waals surface area contributed by atoms with Crippen molar-refractivity contribution in [2.45, 2.75) is 70.7 Å². The van der Waals surface area contributed by atoms with Gasteiger partial charge in [0.2, 0.25) is 23.6 Å². The van der Waals surface area contributed by atoms with Crippen molar-refractivity contribution in [3.63, 3.8) is 0 Å². The maximum Gasteiger partial charge on any atom is 0.312 e. The van der Waals surface area contributed by atoms with Gasteiger partial charge in [0.25, 0.3) is 0 Å². The van der Waals surface area contributed by atoms with Crippen LogP contribution in [0.4, 0.5) is 10.5 Å².